The molecule has 2 aromatic heterocycles. The van der Waals surface area contributed by atoms with Gasteiger partial charge in [0, 0.05) is 60.5 Å². The molecule has 0 bridgehead atoms. The molecule has 0 saturated carbocycles. The zero-order valence-electron chi connectivity index (χ0n) is 17.5. The second kappa shape index (κ2) is 9.11. The van der Waals surface area contributed by atoms with Crippen LogP contribution in [-0.2, 0) is 0 Å². The van der Waals surface area contributed by atoms with Crippen molar-refractivity contribution >= 4 is 27.8 Å². The molecule has 2 N–H and O–H groups in total. The molecule has 0 spiro atoms. The summed E-state index contributed by atoms with van der Waals surface area (Å²) in [6.07, 6.45) is 5.51. The number of hydrogen-bond donors (Lipinski definition) is 2. The zero-order valence-corrected chi connectivity index (χ0v) is 18.3. The molecular weight excluding hydrogens is 392 g/mol. The molecule has 0 aliphatic heterocycles. The van der Waals surface area contributed by atoms with Crippen LogP contribution in [0.5, 0.6) is 0 Å². The summed E-state index contributed by atoms with van der Waals surface area (Å²) in [5.74, 6) is 0. The molecule has 2 heterocycles. The van der Waals surface area contributed by atoms with Gasteiger partial charge in [0.05, 0.1) is 12.0 Å². The van der Waals surface area contributed by atoms with Crippen LogP contribution in [-0.4, -0.2) is 41.7 Å². The molecule has 0 atom stereocenters. The smallest absolute Gasteiger partial charge is 0.187 e. The molecule has 0 radical (unpaired) electrons. The van der Waals surface area contributed by atoms with E-state index in [1.54, 1.807) is 23.9 Å². The van der Waals surface area contributed by atoms with Crippen LogP contribution in [0.3, 0.4) is 0 Å². The summed E-state index contributed by atoms with van der Waals surface area (Å²) in [7, 11) is 4.09. The van der Waals surface area contributed by atoms with Crippen molar-refractivity contribution in [2.75, 3.05) is 37.4 Å². The van der Waals surface area contributed by atoms with E-state index < -0.39 is 0 Å². The summed E-state index contributed by atoms with van der Waals surface area (Å²) < 4.78 is 1.99. The van der Waals surface area contributed by atoms with E-state index >= 15 is 0 Å². The van der Waals surface area contributed by atoms with Gasteiger partial charge in [0.2, 0.25) is 0 Å². The SMILES string of the molecule is CNCCN(C)c1ccc(C)c(Nc2nc(-c3ccc(-n4ccnc4)cc3)cs2)c1. The first-order valence-electron chi connectivity index (χ1n) is 9.92. The molecule has 4 aromatic rings. The molecule has 2 aromatic carbocycles. The van der Waals surface area contributed by atoms with Crippen LogP contribution in [0.25, 0.3) is 16.9 Å². The Kier molecular flexibility index (Phi) is 6.11. The lowest BCUT2D eigenvalue weighted by atomic mass is 10.1. The number of nitrogens with one attached hydrogen (secondary N) is 2. The highest BCUT2D eigenvalue weighted by molar-refractivity contribution is 7.14. The number of nitrogens with zero attached hydrogens (tertiary/aromatic N) is 4. The number of anilines is 3. The number of rotatable bonds is 8. The number of benzene rings is 2. The quantitative estimate of drug-likeness (QED) is 0.434. The number of hydrogen-bond acceptors (Lipinski definition) is 6. The van der Waals surface area contributed by atoms with E-state index in [2.05, 4.69) is 82.3 Å². The number of aryl methyl sites for hydroxylation is 1. The summed E-state index contributed by atoms with van der Waals surface area (Å²) in [4.78, 5) is 11.1. The van der Waals surface area contributed by atoms with Crippen LogP contribution in [0.1, 0.15) is 5.56 Å². The number of imidazole rings is 1. The molecule has 0 aliphatic rings. The standard InChI is InChI=1S/C23H26N6S/c1-17-4-7-20(28(3)12-10-24-2)14-21(17)26-23-27-22(15-30-23)18-5-8-19(9-6-18)29-13-11-25-16-29/h4-9,11,13-16,24H,10,12H2,1-3H3,(H,26,27). The van der Waals surface area contributed by atoms with Gasteiger partial charge in [0.1, 0.15) is 0 Å². The molecule has 30 heavy (non-hydrogen) atoms. The highest BCUT2D eigenvalue weighted by atomic mass is 32.1. The van der Waals surface area contributed by atoms with Crippen LogP contribution in [0.4, 0.5) is 16.5 Å². The van der Waals surface area contributed by atoms with Crippen LogP contribution in [0.15, 0.2) is 66.6 Å². The first kappa shape index (κ1) is 20.1. The number of likely N-dealkylation sites (N-methyl/N-ethyl adjacent to an activating group) is 2. The average Bonchev–Trinajstić information content (AvgIpc) is 3.46. The Bertz CT molecular complexity index is 1090. The lowest BCUT2D eigenvalue weighted by Gasteiger charge is -2.20. The van der Waals surface area contributed by atoms with E-state index in [4.69, 9.17) is 4.98 Å². The molecule has 0 aliphatic carbocycles. The lowest BCUT2D eigenvalue weighted by Crippen LogP contribution is -2.27. The molecule has 0 amide bonds. The van der Waals surface area contributed by atoms with E-state index in [1.165, 1.54) is 11.3 Å². The van der Waals surface area contributed by atoms with Gasteiger partial charge in [-0.15, -0.1) is 11.3 Å². The minimum absolute atomic E-state index is 0.891. The molecule has 0 fully saturated rings. The van der Waals surface area contributed by atoms with Crippen LogP contribution in [0.2, 0.25) is 0 Å². The molecule has 7 heteroatoms. The van der Waals surface area contributed by atoms with Crippen LogP contribution < -0.4 is 15.5 Å². The second-order valence-electron chi connectivity index (χ2n) is 7.20. The van der Waals surface area contributed by atoms with Crippen molar-refractivity contribution in [3.05, 3.63) is 72.1 Å². The van der Waals surface area contributed by atoms with Crippen molar-refractivity contribution in [1.82, 2.24) is 19.9 Å². The molecule has 0 saturated heterocycles. The fourth-order valence-electron chi connectivity index (χ4n) is 3.19. The maximum atomic E-state index is 4.80. The van der Waals surface area contributed by atoms with Crippen LogP contribution in [0, 0.1) is 6.92 Å². The number of aromatic nitrogens is 3. The van der Waals surface area contributed by atoms with Gasteiger partial charge in [-0.3, -0.25) is 0 Å². The fourth-order valence-corrected chi connectivity index (χ4v) is 3.92. The average molecular weight is 419 g/mol. The Morgan fingerprint density at radius 3 is 2.70 bits per heavy atom. The predicted molar refractivity (Wildman–Crippen MR) is 126 cm³/mol. The maximum Gasteiger partial charge on any atom is 0.187 e. The Balaban J connectivity index is 1.49. The van der Waals surface area contributed by atoms with Gasteiger partial charge < -0.3 is 20.1 Å². The maximum absolute atomic E-state index is 4.80. The third-order valence-corrected chi connectivity index (χ3v) is 5.83. The van der Waals surface area contributed by atoms with E-state index in [-0.39, 0.29) is 0 Å². The fraction of sp³-hybridized carbons (Fsp3) is 0.217. The van der Waals surface area contributed by atoms with Gasteiger partial charge >= 0.3 is 0 Å². The summed E-state index contributed by atoms with van der Waals surface area (Å²) in [5.41, 5.74) is 6.62. The van der Waals surface area contributed by atoms with E-state index in [0.717, 1.165) is 40.9 Å². The van der Waals surface area contributed by atoms with Gasteiger partial charge in [0.15, 0.2) is 5.13 Å². The Hall–Kier alpha value is -3.16. The van der Waals surface area contributed by atoms with E-state index in [9.17, 15) is 0 Å². The third kappa shape index (κ3) is 4.53. The largest absolute Gasteiger partial charge is 0.373 e. The van der Waals surface area contributed by atoms with E-state index in [0.29, 0.717) is 0 Å². The molecule has 0 unspecified atom stereocenters. The minimum Gasteiger partial charge on any atom is -0.373 e. The van der Waals surface area contributed by atoms with Gasteiger partial charge in [-0.05, 0) is 43.8 Å². The first-order valence-corrected chi connectivity index (χ1v) is 10.8. The number of thiazole rings is 1. The van der Waals surface area contributed by atoms with Crippen molar-refractivity contribution < 1.29 is 0 Å². The van der Waals surface area contributed by atoms with Gasteiger partial charge in [-0.2, -0.15) is 0 Å². The van der Waals surface area contributed by atoms with E-state index in [1.807, 2.05) is 17.8 Å². The van der Waals surface area contributed by atoms with Crippen molar-refractivity contribution in [3.63, 3.8) is 0 Å². The molecule has 154 valence electrons. The lowest BCUT2D eigenvalue weighted by molar-refractivity contribution is 0.768. The Morgan fingerprint density at radius 2 is 1.97 bits per heavy atom. The highest BCUT2D eigenvalue weighted by Crippen LogP contribution is 2.30. The Morgan fingerprint density at radius 1 is 1.13 bits per heavy atom. The summed E-state index contributed by atoms with van der Waals surface area (Å²) >= 11 is 1.62. The highest BCUT2D eigenvalue weighted by Gasteiger charge is 2.09. The molecular formula is C23H26N6S. The predicted octanol–water partition coefficient (Wildman–Crippen LogP) is 4.70. The van der Waals surface area contributed by atoms with Gasteiger partial charge in [-0.1, -0.05) is 18.2 Å². The Labute approximate surface area is 181 Å². The van der Waals surface area contributed by atoms with Crippen molar-refractivity contribution in [2.45, 2.75) is 6.92 Å². The third-order valence-electron chi connectivity index (χ3n) is 5.07. The summed E-state index contributed by atoms with van der Waals surface area (Å²) in [6.45, 7) is 4.02. The van der Waals surface area contributed by atoms with Crippen molar-refractivity contribution in [2.24, 2.45) is 0 Å². The zero-order chi connectivity index (χ0) is 20.9. The summed E-state index contributed by atoms with van der Waals surface area (Å²) in [6, 6.07) is 14.8. The molecule has 6 nitrogen and oxygen atoms in total. The topological polar surface area (TPSA) is 58.0 Å². The normalized spacial score (nSPS) is 10.9. The summed E-state index contributed by atoms with van der Waals surface area (Å²) in [5, 5.41) is 9.67. The van der Waals surface area contributed by atoms with Crippen LogP contribution >= 0.6 is 11.3 Å². The van der Waals surface area contributed by atoms with Gasteiger partial charge in [0.25, 0.3) is 0 Å². The monoisotopic (exact) mass is 418 g/mol. The van der Waals surface area contributed by atoms with Crippen molar-refractivity contribution in [3.8, 4) is 16.9 Å². The minimum atomic E-state index is 0.891. The second-order valence-corrected chi connectivity index (χ2v) is 8.06. The van der Waals surface area contributed by atoms with Crippen molar-refractivity contribution in [1.29, 1.82) is 0 Å². The first-order chi connectivity index (χ1) is 14.6. The van der Waals surface area contributed by atoms with Gasteiger partial charge in [-0.25, -0.2) is 9.97 Å². The molecule has 4 rings (SSSR count).